The fourth-order valence-corrected chi connectivity index (χ4v) is 5.15. The molecule has 0 saturated heterocycles. The fourth-order valence-electron chi connectivity index (χ4n) is 2.08. The summed E-state index contributed by atoms with van der Waals surface area (Å²) in [6, 6.07) is 1.87. The van der Waals surface area contributed by atoms with E-state index in [9.17, 15) is 24.5 Å². The molecule has 0 aliphatic heterocycles. The van der Waals surface area contributed by atoms with Gasteiger partial charge in [0, 0.05) is 30.3 Å². The van der Waals surface area contributed by atoms with E-state index in [0.29, 0.717) is 0 Å². The molecule has 0 spiro atoms. The quantitative estimate of drug-likeness (QED) is 0.190. The van der Waals surface area contributed by atoms with E-state index < -0.39 is 34.4 Å². The predicted molar refractivity (Wildman–Crippen MR) is 134 cm³/mol. The summed E-state index contributed by atoms with van der Waals surface area (Å²) in [5.41, 5.74) is -1.53. The van der Waals surface area contributed by atoms with Crippen molar-refractivity contribution in [2.24, 2.45) is 0 Å². The van der Waals surface area contributed by atoms with Crippen molar-refractivity contribution in [3.8, 4) is 0 Å². The average Bonchev–Trinajstić information content (AvgIpc) is 2.67. The summed E-state index contributed by atoms with van der Waals surface area (Å²) in [4.78, 5) is 51.3. The van der Waals surface area contributed by atoms with Crippen LogP contribution in [0.25, 0.3) is 0 Å². The van der Waals surface area contributed by atoms with Crippen molar-refractivity contribution in [1.82, 2.24) is 15.6 Å². The number of hydrogen-bond donors (Lipinski definition) is 2. The normalized spacial score (nSPS) is 12.4. The van der Waals surface area contributed by atoms with Gasteiger partial charge in [-0.05, 0) is 58.4 Å². The van der Waals surface area contributed by atoms with E-state index in [4.69, 9.17) is 9.47 Å². The van der Waals surface area contributed by atoms with Crippen LogP contribution in [0.2, 0.25) is 0 Å². The Morgan fingerprint density at radius 2 is 1.74 bits per heavy atom. The van der Waals surface area contributed by atoms with Crippen LogP contribution in [0, 0.1) is 10.1 Å². The molecule has 0 aromatic carbocycles. The van der Waals surface area contributed by atoms with Gasteiger partial charge in [0.25, 0.3) is 0 Å². The van der Waals surface area contributed by atoms with Crippen LogP contribution in [0.15, 0.2) is 23.4 Å². The molecule has 0 saturated carbocycles. The van der Waals surface area contributed by atoms with Crippen LogP contribution in [0.3, 0.4) is 0 Å². The average molecular weight is 535 g/mol. The third-order valence-electron chi connectivity index (χ3n) is 3.31. The van der Waals surface area contributed by atoms with E-state index in [0.717, 1.165) is 33.3 Å². The number of hydrogen-bond acceptors (Lipinski definition) is 11. The molecule has 1 rings (SSSR count). The lowest BCUT2D eigenvalue weighted by molar-refractivity contribution is -0.388. The summed E-state index contributed by atoms with van der Waals surface area (Å²) in [6.45, 7) is 10.5. The number of nitrogens with one attached hydrogen (secondary N) is 2. The van der Waals surface area contributed by atoms with Crippen LogP contribution in [0.4, 0.5) is 15.3 Å². The van der Waals surface area contributed by atoms with E-state index in [1.54, 1.807) is 41.5 Å². The number of alkyl carbamates (subject to hydrolysis) is 2. The molecule has 14 heteroatoms. The van der Waals surface area contributed by atoms with Gasteiger partial charge in [0.15, 0.2) is 5.03 Å². The third-order valence-corrected chi connectivity index (χ3v) is 6.58. The lowest BCUT2D eigenvalue weighted by Gasteiger charge is -2.22. The Labute approximate surface area is 210 Å². The van der Waals surface area contributed by atoms with Crippen molar-refractivity contribution >= 4 is 56.3 Å². The van der Waals surface area contributed by atoms with Crippen LogP contribution >= 0.6 is 33.3 Å². The van der Waals surface area contributed by atoms with Crippen LogP contribution < -0.4 is 10.6 Å². The Hall–Kier alpha value is -2.19. The van der Waals surface area contributed by atoms with Gasteiger partial charge in [-0.25, -0.2) is 14.6 Å². The molecule has 1 atom stereocenters. The van der Waals surface area contributed by atoms with Crippen molar-refractivity contribution in [3.63, 3.8) is 0 Å². The molecule has 190 valence electrons. The van der Waals surface area contributed by atoms with E-state index in [1.165, 1.54) is 18.3 Å². The minimum Gasteiger partial charge on any atom is -0.444 e. The second-order valence-electron chi connectivity index (χ2n) is 8.75. The van der Waals surface area contributed by atoms with Crippen molar-refractivity contribution in [1.29, 1.82) is 0 Å². The second kappa shape index (κ2) is 13.6. The molecular formula is C20H30N4O7S3. The van der Waals surface area contributed by atoms with Gasteiger partial charge in [0.1, 0.15) is 17.2 Å². The molecule has 0 radical (unpaired) electrons. The molecule has 1 unspecified atom stereocenters. The summed E-state index contributed by atoms with van der Waals surface area (Å²) in [5.74, 6) is 0.372. The Bertz CT molecular complexity index is 872. The molecule has 11 nitrogen and oxygen atoms in total. The summed E-state index contributed by atoms with van der Waals surface area (Å²) in [5, 5.41) is 16.1. The maximum absolute atomic E-state index is 12.7. The van der Waals surface area contributed by atoms with Gasteiger partial charge in [-0.1, -0.05) is 22.6 Å². The minimum absolute atomic E-state index is 0.114. The first-order valence-electron chi connectivity index (χ1n) is 10.2. The summed E-state index contributed by atoms with van der Waals surface area (Å²) < 4.78 is 10.4. The molecular weight excluding hydrogens is 504 g/mol. The van der Waals surface area contributed by atoms with Gasteiger partial charge in [0.05, 0.1) is 4.92 Å². The molecule has 0 aliphatic carbocycles. The number of thioether (sulfide) groups is 1. The molecule has 0 bridgehead atoms. The van der Waals surface area contributed by atoms with Crippen molar-refractivity contribution in [2.45, 2.75) is 63.8 Å². The maximum atomic E-state index is 12.7. The zero-order chi connectivity index (χ0) is 25.9. The first-order chi connectivity index (χ1) is 15.7. The first kappa shape index (κ1) is 29.8. The zero-order valence-electron chi connectivity index (χ0n) is 19.9. The number of rotatable bonds is 10. The van der Waals surface area contributed by atoms with E-state index >= 15 is 0 Å². The monoisotopic (exact) mass is 534 g/mol. The SMILES string of the molecule is CC(C)(C)OC(=O)NCCSC(=O)C(CSSc1ncccc1[N+](=O)[O-])NC(=O)OC(C)(C)C. The molecule has 0 fully saturated rings. The van der Waals surface area contributed by atoms with Crippen molar-refractivity contribution < 1.29 is 28.8 Å². The van der Waals surface area contributed by atoms with Crippen LogP contribution in [0.5, 0.6) is 0 Å². The van der Waals surface area contributed by atoms with Gasteiger partial charge in [-0.3, -0.25) is 14.9 Å². The highest BCUT2D eigenvalue weighted by Crippen LogP contribution is 2.36. The summed E-state index contributed by atoms with van der Waals surface area (Å²) >= 11 is 0.933. The summed E-state index contributed by atoms with van der Waals surface area (Å²) in [7, 11) is 2.18. The van der Waals surface area contributed by atoms with Crippen LogP contribution in [-0.2, 0) is 14.3 Å². The Kier molecular flexibility index (Phi) is 12.0. The Morgan fingerprint density at radius 1 is 1.12 bits per heavy atom. The largest absolute Gasteiger partial charge is 0.444 e. The number of carbonyl (C=O) groups is 3. The molecule has 1 aromatic rings. The lowest BCUT2D eigenvalue weighted by atomic mass is 10.2. The van der Waals surface area contributed by atoms with E-state index in [1.807, 2.05) is 0 Å². The molecule has 34 heavy (non-hydrogen) atoms. The van der Waals surface area contributed by atoms with Gasteiger partial charge in [-0.15, -0.1) is 0 Å². The number of ether oxygens (including phenoxy) is 2. The highest BCUT2D eigenvalue weighted by molar-refractivity contribution is 8.76. The van der Waals surface area contributed by atoms with Gasteiger partial charge < -0.3 is 20.1 Å². The molecule has 0 aliphatic rings. The standard InChI is InChI=1S/C20H30N4O7S3/c1-19(2,3)30-17(26)22-10-11-32-16(25)13(23-18(27)31-20(4,5)6)12-33-34-15-14(24(28)29)8-7-9-21-15/h7-9,13H,10-12H2,1-6H3,(H,22,26)(H,23,27). The van der Waals surface area contributed by atoms with E-state index in [-0.39, 0.29) is 33.9 Å². The van der Waals surface area contributed by atoms with Gasteiger partial charge in [-0.2, -0.15) is 0 Å². The van der Waals surface area contributed by atoms with Gasteiger partial charge >= 0.3 is 17.9 Å². The van der Waals surface area contributed by atoms with Crippen molar-refractivity contribution in [2.75, 3.05) is 18.1 Å². The maximum Gasteiger partial charge on any atom is 0.408 e. The van der Waals surface area contributed by atoms with Crippen LogP contribution in [-0.4, -0.2) is 62.5 Å². The highest BCUT2D eigenvalue weighted by atomic mass is 33.1. The Balaban J connectivity index is 2.69. The molecule has 1 heterocycles. The van der Waals surface area contributed by atoms with Crippen molar-refractivity contribution in [3.05, 3.63) is 28.4 Å². The summed E-state index contributed by atoms with van der Waals surface area (Å²) in [6.07, 6.45) is 0.0889. The lowest BCUT2D eigenvalue weighted by Crippen LogP contribution is -2.44. The molecule has 1 aromatic heterocycles. The number of carbonyl (C=O) groups excluding carboxylic acids is 3. The number of amides is 2. The first-order valence-corrected chi connectivity index (χ1v) is 13.5. The fraction of sp³-hybridized carbons (Fsp3) is 0.600. The number of nitro groups is 1. The number of aromatic nitrogens is 1. The topological polar surface area (TPSA) is 150 Å². The second-order valence-corrected chi connectivity index (χ2v) is 12.2. The third kappa shape index (κ3) is 12.9. The van der Waals surface area contributed by atoms with E-state index in [2.05, 4.69) is 15.6 Å². The van der Waals surface area contributed by atoms with Gasteiger partial charge in [0.2, 0.25) is 5.12 Å². The molecule has 2 N–H and O–H groups in total. The predicted octanol–water partition coefficient (Wildman–Crippen LogP) is 4.41. The number of nitrogens with zero attached hydrogens (tertiary/aromatic N) is 2. The smallest absolute Gasteiger partial charge is 0.408 e. The zero-order valence-corrected chi connectivity index (χ0v) is 22.4. The van der Waals surface area contributed by atoms with Crippen LogP contribution in [0.1, 0.15) is 41.5 Å². The highest BCUT2D eigenvalue weighted by Gasteiger charge is 2.26. The minimum atomic E-state index is -0.929. The number of pyridine rings is 1. The Morgan fingerprint density at radius 3 is 2.32 bits per heavy atom. The molecule has 2 amide bonds.